The van der Waals surface area contributed by atoms with Gasteiger partial charge < -0.3 is 5.32 Å². The van der Waals surface area contributed by atoms with Crippen molar-refractivity contribution >= 4 is 11.3 Å². The SMILES string of the molecule is Cc1nnc(CCC2CCNCC2)s1. The standard InChI is InChI=1S/C10H17N3S/c1-8-12-13-10(14-8)3-2-9-4-6-11-7-5-9/h9,11H,2-7H2,1H3. The van der Waals surface area contributed by atoms with Crippen LogP contribution in [0.2, 0.25) is 0 Å². The summed E-state index contributed by atoms with van der Waals surface area (Å²) >= 11 is 1.74. The van der Waals surface area contributed by atoms with Gasteiger partial charge >= 0.3 is 0 Å². The molecule has 0 spiro atoms. The third-order valence-electron chi connectivity index (χ3n) is 2.79. The highest BCUT2D eigenvalue weighted by Crippen LogP contribution is 2.19. The predicted molar refractivity (Wildman–Crippen MR) is 58.6 cm³/mol. The molecule has 1 fully saturated rings. The minimum Gasteiger partial charge on any atom is -0.317 e. The molecular weight excluding hydrogens is 194 g/mol. The van der Waals surface area contributed by atoms with Crippen LogP contribution in [0, 0.1) is 12.8 Å². The Kier molecular flexibility index (Phi) is 3.48. The topological polar surface area (TPSA) is 37.8 Å². The molecule has 1 saturated heterocycles. The van der Waals surface area contributed by atoms with Gasteiger partial charge in [-0.15, -0.1) is 21.5 Å². The first-order valence-electron chi connectivity index (χ1n) is 5.34. The average molecular weight is 211 g/mol. The first-order valence-corrected chi connectivity index (χ1v) is 6.16. The molecule has 1 aliphatic rings. The normalized spacial score (nSPS) is 18.6. The molecule has 0 unspecified atom stereocenters. The van der Waals surface area contributed by atoms with E-state index in [2.05, 4.69) is 15.5 Å². The van der Waals surface area contributed by atoms with Crippen LogP contribution >= 0.6 is 11.3 Å². The van der Waals surface area contributed by atoms with E-state index >= 15 is 0 Å². The van der Waals surface area contributed by atoms with Gasteiger partial charge in [-0.3, -0.25) is 0 Å². The summed E-state index contributed by atoms with van der Waals surface area (Å²) in [6, 6.07) is 0. The molecule has 0 bridgehead atoms. The van der Waals surface area contributed by atoms with Crippen molar-refractivity contribution in [2.24, 2.45) is 5.92 Å². The van der Waals surface area contributed by atoms with Crippen molar-refractivity contribution in [2.45, 2.75) is 32.6 Å². The van der Waals surface area contributed by atoms with Crippen molar-refractivity contribution in [1.29, 1.82) is 0 Å². The molecule has 1 aromatic rings. The second kappa shape index (κ2) is 4.84. The Bertz CT molecular complexity index is 279. The lowest BCUT2D eigenvalue weighted by molar-refractivity contribution is 0.354. The van der Waals surface area contributed by atoms with Crippen LogP contribution in [0.3, 0.4) is 0 Å². The van der Waals surface area contributed by atoms with Gasteiger partial charge in [0.2, 0.25) is 0 Å². The molecular formula is C10H17N3S. The van der Waals surface area contributed by atoms with Crippen LogP contribution in [0.4, 0.5) is 0 Å². The zero-order valence-electron chi connectivity index (χ0n) is 8.62. The summed E-state index contributed by atoms with van der Waals surface area (Å²) in [6.07, 6.45) is 5.07. The lowest BCUT2D eigenvalue weighted by Crippen LogP contribution is -2.27. The van der Waals surface area contributed by atoms with E-state index in [0.29, 0.717) is 0 Å². The van der Waals surface area contributed by atoms with Crippen LogP contribution in [-0.2, 0) is 6.42 Å². The smallest absolute Gasteiger partial charge is 0.117 e. The van der Waals surface area contributed by atoms with Crippen LogP contribution in [0.15, 0.2) is 0 Å². The Morgan fingerprint density at radius 2 is 2.14 bits per heavy atom. The van der Waals surface area contributed by atoms with Gasteiger partial charge in [0.05, 0.1) is 0 Å². The highest BCUT2D eigenvalue weighted by atomic mass is 32.1. The number of hydrogen-bond donors (Lipinski definition) is 1. The molecule has 4 heteroatoms. The number of aromatic nitrogens is 2. The number of hydrogen-bond acceptors (Lipinski definition) is 4. The fourth-order valence-electron chi connectivity index (χ4n) is 1.94. The van der Waals surface area contributed by atoms with Crippen molar-refractivity contribution in [1.82, 2.24) is 15.5 Å². The number of rotatable bonds is 3. The maximum absolute atomic E-state index is 4.15. The molecule has 0 saturated carbocycles. The number of aryl methyl sites for hydroxylation is 2. The summed E-state index contributed by atoms with van der Waals surface area (Å²) in [5, 5.41) is 13.9. The monoisotopic (exact) mass is 211 g/mol. The van der Waals surface area contributed by atoms with Gasteiger partial charge in [-0.05, 0) is 45.2 Å². The van der Waals surface area contributed by atoms with Gasteiger partial charge in [0.15, 0.2) is 0 Å². The molecule has 0 aliphatic carbocycles. The minimum absolute atomic E-state index is 0.903. The van der Waals surface area contributed by atoms with Crippen LogP contribution in [0.5, 0.6) is 0 Å². The van der Waals surface area contributed by atoms with E-state index in [-0.39, 0.29) is 0 Å². The van der Waals surface area contributed by atoms with Crippen molar-refractivity contribution in [3.05, 3.63) is 10.0 Å². The average Bonchev–Trinajstić information content (AvgIpc) is 2.63. The van der Waals surface area contributed by atoms with E-state index in [1.54, 1.807) is 11.3 Å². The number of piperidine rings is 1. The third kappa shape index (κ3) is 2.75. The molecule has 0 aromatic carbocycles. The largest absolute Gasteiger partial charge is 0.317 e. The summed E-state index contributed by atoms with van der Waals surface area (Å²) in [5.74, 6) is 0.903. The molecule has 0 atom stereocenters. The molecule has 2 heterocycles. The van der Waals surface area contributed by atoms with E-state index in [1.165, 1.54) is 37.4 Å². The van der Waals surface area contributed by atoms with Gasteiger partial charge in [0.25, 0.3) is 0 Å². The Labute approximate surface area is 88.9 Å². The van der Waals surface area contributed by atoms with Crippen molar-refractivity contribution in [3.8, 4) is 0 Å². The fourth-order valence-corrected chi connectivity index (χ4v) is 2.66. The molecule has 1 aromatic heterocycles. The highest BCUT2D eigenvalue weighted by molar-refractivity contribution is 7.11. The van der Waals surface area contributed by atoms with E-state index in [9.17, 15) is 0 Å². The summed E-state index contributed by atoms with van der Waals surface area (Å²) in [4.78, 5) is 0. The Hall–Kier alpha value is -0.480. The zero-order chi connectivity index (χ0) is 9.80. The van der Waals surface area contributed by atoms with Crippen LogP contribution in [0.1, 0.15) is 29.3 Å². The molecule has 3 nitrogen and oxygen atoms in total. The first kappa shape index (κ1) is 10.1. The highest BCUT2D eigenvalue weighted by Gasteiger charge is 2.13. The van der Waals surface area contributed by atoms with Gasteiger partial charge in [0.1, 0.15) is 10.0 Å². The second-order valence-corrected chi connectivity index (χ2v) is 5.21. The summed E-state index contributed by atoms with van der Waals surface area (Å²) < 4.78 is 0. The van der Waals surface area contributed by atoms with Crippen LogP contribution < -0.4 is 5.32 Å². The second-order valence-electron chi connectivity index (χ2n) is 3.95. The van der Waals surface area contributed by atoms with Crippen molar-refractivity contribution in [3.63, 3.8) is 0 Å². The number of nitrogens with zero attached hydrogens (tertiary/aromatic N) is 2. The first-order chi connectivity index (χ1) is 6.84. The molecule has 1 N–H and O–H groups in total. The Balaban J connectivity index is 1.76. The van der Waals surface area contributed by atoms with E-state index in [0.717, 1.165) is 17.3 Å². The van der Waals surface area contributed by atoms with Crippen LogP contribution in [-0.4, -0.2) is 23.3 Å². The van der Waals surface area contributed by atoms with E-state index < -0.39 is 0 Å². The lowest BCUT2D eigenvalue weighted by Gasteiger charge is -2.21. The molecule has 2 rings (SSSR count). The van der Waals surface area contributed by atoms with Crippen LogP contribution in [0.25, 0.3) is 0 Å². The van der Waals surface area contributed by atoms with Gasteiger partial charge in [0, 0.05) is 6.42 Å². The minimum atomic E-state index is 0.903. The van der Waals surface area contributed by atoms with Gasteiger partial charge in [-0.2, -0.15) is 0 Å². The van der Waals surface area contributed by atoms with Crippen molar-refractivity contribution < 1.29 is 0 Å². The Morgan fingerprint density at radius 1 is 1.36 bits per heavy atom. The van der Waals surface area contributed by atoms with Crippen molar-refractivity contribution in [2.75, 3.05) is 13.1 Å². The molecule has 14 heavy (non-hydrogen) atoms. The summed E-state index contributed by atoms with van der Waals surface area (Å²) in [5.41, 5.74) is 0. The van der Waals surface area contributed by atoms with E-state index in [4.69, 9.17) is 0 Å². The maximum atomic E-state index is 4.15. The summed E-state index contributed by atoms with van der Waals surface area (Å²) in [7, 11) is 0. The third-order valence-corrected chi connectivity index (χ3v) is 3.69. The molecule has 1 aliphatic heterocycles. The molecule has 0 radical (unpaired) electrons. The predicted octanol–water partition coefficient (Wildman–Crippen LogP) is 1.78. The number of nitrogens with one attached hydrogen (secondary N) is 1. The summed E-state index contributed by atoms with van der Waals surface area (Å²) in [6.45, 7) is 4.41. The Morgan fingerprint density at radius 3 is 2.79 bits per heavy atom. The fraction of sp³-hybridized carbons (Fsp3) is 0.800. The lowest BCUT2D eigenvalue weighted by atomic mass is 9.93. The van der Waals surface area contributed by atoms with Gasteiger partial charge in [-0.25, -0.2) is 0 Å². The molecule has 0 amide bonds. The van der Waals surface area contributed by atoms with E-state index in [1.807, 2.05) is 6.92 Å². The maximum Gasteiger partial charge on any atom is 0.117 e. The zero-order valence-corrected chi connectivity index (χ0v) is 9.44. The van der Waals surface area contributed by atoms with Gasteiger partial charge in [-0.1, -0.05) is 0 Å². The molecule has 78 valence electrons. The quantitative estimate of drug-likeness (QED) is 0.828.